The Morgan fingerprint density at radius 1 is 1.26 bits per heavy atom. The molecule has 3 N–H and O–H groups in total. The van der Waals surface area contributed by atoms with Gasteiger partial charge in [-0.1, -0.05) is 0 Å². The van der Waals surface area contributed by atoms with Crippen molar-refractivity contribution in [1.29, 1.82) is 0 Å². The molecule has 7 nitrogen and oxygen atoms in total. The quantitative estimate of drug-likeness (QED) is 0.578. The van der Waals surface area contributed by atoms with E-state index >= 15 is 0 Å². The lowest BCUT2D eigenvalue weighted by atomic mass is 9.97. The summed E-state index contributed by atoms with van der Waals surface area (Å²) in [6, 6.07) is 6.52. The van der Waals surface area contributed by atoms with Gasteiger partial charge >= 0.3 is 12.2 Å². The number of amides is 2. The lowest BCUT2D eigenvalue weighted by Crippen LogP contribution is -2.46. The number of nitrogens with zero attached hydrogens (tertiary/aromatic N) is 3. The second kappa shape index (κ2) is 8.18. The van der Waals surface area contributed by atoms with Crippen LogP contribution in [-0.4, -0.2) is 45.5 Å². The molecule has 0 unspecified atom stereocenters. The first-order chi connectivity index (χ1) is 14.7. The van der Waals surface area contributed by atoms with E-state index in [2.05, 4.69) is 30.5 Å². The molecule has 0 bridgehead atoms. The van der Waals surface area contributed by atoms with Crippen molar-refractivity contribution in [3.63, 3.8) is 0 Å². The average Bonchev–Trinajstić information content (AvgIpc) is 3.13. The molecule has 0 radical (unpaired) electrons. The Morgan fingerprint density at radius 2 is 2.06 bits per heavy atom. The Hall–Kier alpha value is -3.14. The van der Waals surface area contributed by atoms with Gasteiger partial charge in [0.25, 0.3) is 0 Å². The summed E-state index contributed by atoms with van der Waals surface area (Å²) < 4.78 is 39.0. The molecule has 1 aliphatic heterocycles. The molecule has 3 aromatic rings. The number of likely N-dealkylation sites (tertiary alicyclic amines) is 1. The van der Waals surface area contributed by atoms with E-state index in [1.54, 1.807) is 12.3 Å². The Labute approximate surface area is 177 Å². The minimum atomic E-state index is -4.41. The van der Waals surface area contributed by atoms with Crippen LogP contribution in [0.5, 0.6) is 0 Å². The fourth-order valence-electron chi connectivity index (χ4n) is 3.79. The van der Waals surface area contributed by atoms with Crippen LogP contribution >= 0.6 is 0 Å². The van der Waals surface area contributed by atoms with Crippen LogP contribution in [0.1, 0.15) is 36.0 Å². The van der Waals surface area contributed by atoms with Crippen molar-refractivity contribution >= 4 is 22.8 Å². The van der Waals surface area contributed by atoms with Gasteiger partial charge in [0.05, 0.1) is 34.5 Å². The summed E-state index contributed by atoms with van der Waals surface area (Å²) >= 11 is 0. The van der Waals surface area contributed by atoms with Crippen LogP contribution in [0.4, 0.5) is 23.7 Å². The second-order valence-corrected chi connectivity index (χ2v) is 7.86. The first-order valence-electron chi connectivity index (χ1n) is 9.96. The number of aryl methyl sites for hydroxylation is 1. The number of aromatic amines is 1. The van der Waals surface area contributed by atoms with Crippen molar-refractivity contribution in [3.05, 3.63) is 53.6 Å². The lowest BCUT2D eigenvalue weighted by Gasteiger charge is -2.36. The number of benzene rings is 1. The summed E-state index contributed by atoms with van der Waals surface area (Å²) in [6.07, 6.45) is -1.48. The highest BCUT2D eigenvalue weighted by Gasteiger charge is 2.32. The largest absolute Gasteiger partial charge is 0.416 e. The van der Waals surface area contributed by atoms with Gasteiger partial charge < -0.3 is 15.6 Å². The molecule has 4 rings (SSSR count). The topological polar surface area (TPSA) is 85.9 Å². The SMILES string of the molecule is Cc1ccc(NC(=O)N[C@@H]2CCN(C)[C@@H](c3nc4cc(C(F)(F)F)ccc4[nH]3)C2)cn1. The summed E-state index contributed by atoms with van der Waals surface area (Å²) in [6.45, 7) is 2.58. The predicted molar refractivity (Wildman–Crippen MR) is 111 cm³/mol. The van der Waals surface area contributed by atoms with E-state index in [1.165, 1.54) is 6.07 Å². The minimum Gasteiger partial charge on any atom is -0.341 e. The number of piperidine rings is 1. The number of nitrogens with one attached hydrogen (secondary N) is 3. The Morgan fingerprint density at radius 3 is 2.77 bits per heavy atom. The standard InChI is InChI=1S/C21H23F3N6O/c1-12-3-5-15(11-25-12)27-20(31)26-14-7-8-30(2)18(10-14)19-28-16-6-4-13(21(22,23)24)9-17(16)29-19/h3-6,9,11,14,18H,7-8,10H2,1-2H3,(H,28,29)(H2,26,27,31)/t14-,18-/m1/s1. The monoisotopic (exact) mass is 432 g/mol. The van der Waals surface area contributed by atoms with Crippen LogP contribution in [0.3, 0.4) is 0 Å². The van der Waals surface area contributed by atoms with Crippen LogP contribution in [0.25, 0.3) is 11.0 Å². The highest BCUT2D eigenvalue weighted by atomic mass is 19.4. The number of hydrogen-bond acceptors (Lipinski definition) is 4. The number of anilines is 1. The molecule has 10 heteroatoms. The first kappa shape index (κ1) is 21.1. The Kier molecular flexibility index (Phi) is 5.57. The zero-order chi connectivity index (χ0) is 22.2. The van der Waals surface area contributed by atoms with Crippen molar-refractivity contribution in [2.45, 2.75) is 38.0 Å². The van der Waals surface area contributed by atoms with Gasteiger partial charge in [-0.25, -0.2) is 9.78 Å². The highest BCUT2D eigenvalue weighted by Crippen LogP contribution is 2.33. The number of fused-ring (bicyclic) bond motifs is 1. The van der Waals surface area contributed by atoms with Gasteiger partial charge in [0.1, 0.15) is 5.82 Å². The van der Waals surface area contributed by atoms with Crippen LogP contribution in [0.15, 0.2) is 36.5 Å². The first-order valence-corrected chi connectivity index (χ1v) is 9.96. The maximum absolute atomic E-state index is 13.0. The number of halogens is 3. The van der Waals surface area contributed by atoms with Gasteiger partial charge in [-0.15, -0.1) is 0 Å². The predicted octanol–water partition coefficient (Wildman–Crippen LogP) is 4.24. The fraction of sp³-hybridized carbons (Fsp3) is 0.381. The number of imidazole rings is 1. The molecule has 2 amide bonds. The number of aromatic nitrogens is 3. The summed E-state index contributed by atoms with van der Waals surface area (Å²) in [7, 11) is 1.94. The van der Waals surface area contributed by atoms with Crippen LogP contribution in [0, 0.1) is 6.92 Å². The molecule has 1 saturated heterocycles. The highest BCUT2D eigenvalue weighted by molar-refractivity contribution is 5.89. The summed E-state index contributed by atoms with van der Waals surface area (Å²) in [5.74, 6) is 0.589. The molecular formula is C21H23F3N6O. The molecule has 1 aliphatic rings. The number of alkyl halides is 3. The number of H-pyrrole nitrogens is 1. The van der Waals surface area contributed by atoms with E-state index in [0.717, 1.165) is 24.2 Å². The maximum Gasteiger partial charge on any atom is 0.416 e. The van der Waals surface area contributed by atoms with E-state index in [4.69, 9.17) is 0 Å². The number of rotatable bonds is 3. The van der Waals surface area contributed by atoms with E-state index in [1.807, 2.05) is 20.0 Å². The third-order valence-corrected chi connectivity index (χ3v) is 5.52. The number of pyridine rings is 1. The van der Waals surface area contributed by atoms with Crippen LogP contribution in [0.2, 0.25) is 0 Å². The zero-order valence-corrected chi connectivity index (χ0v) is 17.1. The van der Waals surface area contributed by atoms with E-state index in [9.17, 15) is 18.0 Å². The van der Waals surface area contributed by atoms with Crippen LogP contribution in [-0.2, 0) is 6.18 Å². The number of urea groups is 1. The van der Waals surface area contributed by atoms with Crippen molar-refractivity contribution in [3.8, 4) is 0 Å². The third-order valence-electron chi connectivity index (χ3n) is 5.52. The van der Waals surface area contributed by atoms with Crippen LogP contribution < -0.4 is 10.6 Å². The number of carbonyl (C=O) groups is 1. The van der Waals surface area contributed by atoms with Crippen molar-refractivity contribution < 1.29 is 18.0 Å². The molecule has 0 aliphatic carbocycles. The van der Waals surface area contributed by atoms with E-state index in [-0.39, 0.29) is 23.6 Å². The molecule has 0 spiro atoms. The molecule has 1 fully saturated rings. The third kappa shape index (κ3) is 4.79. The average molecular weight is 432 g/mol. The molecule has 164 valence electrons. The zero-order valence-electron chi connectivity index (χ0n) is 17.1. The molecule has 0 saturated carbocycles. The molecule has 2 aromatic heterocycles. The Balaban J connectivity index is 1.46. The summed E-state index contributed by atoms with van der Waals surface area (Å²) in [4.78, 5) is 26.2. The fourth-order valence-corrected chi connectivity index (χ4v) is 3.79. The van der Waals surface area contributed by atoms with E-state index < -0.39 is 11.7 Å². The van der Waals surface area contributed by atoms with Gasteiger partial charge in [0, 0.05) is 18.3 Å². The van der Waals surface area contributed by atoms with Crippen molar-refractivity contribution in [1.82, 2.24) is 25.2 Å². The normalized spacial score (nSPS) is 20.0. The van der Waals surface area contributed by atoms with Gasteiger partial charge in [0.15, 0.2) is 0 Å². The minimum absolute atomic E-state index is 0.0986. The van der Waals surface area contributed by atoms with Crippen molar-refractivity contribution in [2.75, 3.05) is 18.9 Å². The number of carbonyl (C=O) groups excluding carboxylic acids is 1. The maximum atomic E-state index is 13.0. The van der Waals surface area contributed by atoms with Crippen molar-refractivity contribution in [2.24, 2.45) is 0 Å². The van der Waals surface area contributed by atoms with Gasteiger partial charge in [-0.2, -0.15) is 13.2 Å². The summed E-state index contributed by atoms with van der Waals surface area (Å²) in [5.41, 5.74) is 1.56. The second-order valence-electron chi connectivity index (χ2n) is 7.86. The summed E-state index contributed by atoms with van der Waals surface area (Å²) in [5, 5.41) is 5.74. The molecular weight excluding hydrogens is 409 g/mol. The smallest absolute Gasteiger partial charge is 0.341 e. The Bertz CT molecular complexity index is 1080. The van der Waals surface area contributed by atoms with Gasteiger partial charge in [-0.3, -0.25) is 9.88 Å². The van der Waals surface area contributed by atoms with Gasteiger partial charge in [0.2, 0.25) is 0 Å². The lowest BCUT2D eigenvalue weighted by molar-refractivity contribution is -0.137. The number of hydrogen-bond donors (Lipinski definition) is 3. The molecule has 31 heavy (non-hydrogen) atoms. The molecule has 3 heterocycles. The molecule has 1 aromatic carbocycles. The molecule has 2 atom stereocenters. The van der Waals surface area contributed by atoms with E-state index in [0.29, 0.717) is 30.0 Å². The van der Waals surface area contributed by atoms with Gasteiger partial charge in [-0.05, 0) is 57.1 Å².